The molecule has 0 aliphatic heterocycles. The van der Waals surface area contributed by atoms with E-state index in [2.05, 4.69) is 24.4 Å². The van der Waals surface area contributed by atoms with Gasteiger partial charge in [-0.15, -0.1) is 0 Å². The van der Waals surface area contributed by atoms with Crippen molar-refractivity contribution in [2.75, 3.05) is 0 Å². The van der Waals surface area contributed by atoms with Crippen LogP contribution in [0, 0.1) is 0 Å². The molecule has 0 radical (unpaired) electrons. The van der Waals surface area contributed by atoms with Gasteiger partial charge in [-0.1, -0.05) is 50.2 Å². The molecule has 0 bridgehead atoms. The maximum Gasteiger partial charge on any atom is 0.275 e. The highest BCUT2D eigenvalue weighted by Crippen LogP contribution is 2.15. The molecule has 1 amide bonds. The van der Waals surface area contributed by atoms with Crippen LogP contribution in [0.1, 0.15) is 41.3 Å². The van der Waals surface area contributed by atoms with Crippen LogP contribution in [0.3, 0.4) is 0 Å². The van der Waals surface area contributed by atoms with Gasteiger partial charge in [-0.3, -0.25) is 4.79 Å². The second-order valence-electron chi connectivity index (χ2n) is 5.04. The lowest BCUT2D eigenvalue weighted by Gasteiger charge is -2.04. The molecule has 0 saturated carbocycles. The van der Waals surface area contributed by atoms with Crippen LogP contribution in [0.15, 0.2) is 53.6 Å². The lowest BCUT2D eigenvalue weighted by Crippen LogP contribution is -2.17. The largest absolute Gasteiger partial charge is 0.507 e. The number of benzene rings is 2. The molecular formula is C17H18N2O2. The average Bonchev–Trinajstić information content (AvgIpc) is 2.48. The summed E-state index contributed by atoms with van der Waals surface area (Å²) in [5.41, 5.74) is 4.75. The van der Waals surface area contributed by atoms with Gasteiger partial charge in [-0.25, -0.2) is 5.43 Å². The number of nitrogens with one attached hydrogen (secondary N) is 1. The Hall–Kier alpha value is -2.62. The van der Waals surface area contributed by atoms with Gasteiger partial charge < -0.3 is 5.11 Å². The molecule has 2 aromatic carbocycles. The standard InChI is InChI=1S/C17H18N2O2/c1-12(2)14-9-7-13(8-10-14)11-18-19-17(21)15-5-3-4-6-16(15)20/h3-12,20H,1-2H3,(H,19,21)/b18-11+. The topological polar surface area (TPSA) is 61.7 Å². The second-order valence-corrected chi connectivity index (χ2v) is 5.04. The maximum absolute atomic E-state index is 11.8. The molecule has 0 aromatic heterocycles. The van der Waals surface area contributed by atoms with Gasteiger partial charge in [0.1, 0.15) is 5.75 Å². The Morgan fingerprint density at radius 1 is 1.14 bits per heavy atom. The van der Waals surface area contributed by atoms with Crippen molar-refractivity contribution >= 4 is 12.1 Å². The molecule has 0 atom stereocenters. The molecule has 2 N–H and O–H groups in total. The third-order valence-corrected chi connectivity index (χ3v) is 3.13. The van der Waals surface area contributed by atoms with Gasteiger partial charge in [0.15, 0.2) is 0 Å². The first kappa shape index (κ1) is 14.8. The zero-order valence-corrected chi connectivity index (χ0v) is 12.1. The number of rotatable bonds is 4. The van der Waals surface area contributed by atoms with Crippen LogP contribution in [0.25, 0.3) is 0 Å². The van der Waals surface area contributed by atoms with E-state index in [1.165, 1.54) is 17.7 Å². The van der Waals surface area contributed by atoms with E-state index in [4.69, 9.17) is 0 Å². The van der Waals surface area contributed by atoms with Gasteiger partial charge in [-0.2, -0.15) is 5.10 Å². The zero-order chi connectivity index (χ0) is 15.2. The summed E-state index contributed by atoms with van der Waals surface area (Å²) in [6.07, 6.45) is 1.57. The number of carbonyl (C=O) groups is 1. The first-order valence-corrected chi connectivity index (χ1v) is 6.79. The average molecular weight is 282 g/mol. The van der Waals surface area contributed by atoms with Gasteiger partial charge in [0.05, 0.1) is 11.8 Å². The summed E-state index contributed by atoms with van der Waals surface area (Å²) in [6.45, 7) is 4.27. The second kappa shape index (κ2) is 6.70. The molecule has 0 fully saturated rings. The van der Waals surface area contributed by atoms with Gasteiger partial charge >= 0.3 is 0 Å². The SMILES string of the molecule is CC(C)c1ccc(/C=N/NC(=O)c2ccccc2O)cc1. The highest BCUT2D eigenvalue weighted by molar-refractivity contribution is 5.97. The van der Waals surface area contributed by atoms with E-state index in [9.17, 15) is 9.90 Å². The van der Waals surface area contributed by atoms with Crippen LogP contribution in [0.4, 0.5) is 0 Å². The fourth-order valence-electron chi connectivity index (χ4n) is 1.86. The molecule has 2 rings (SSSR count). The minimum Gasteiger partial charge on any atom is -0.507 e. The number of hydrogen-bond acceptors (Lipinski definition) is 3. The monoisotopic (exact) mass is 282 g/mol. The van der Waals surface area contributed by atoms with Gasteiger partial charge in [0.25, 0.3) is 5.91 Å². The summed E-state index contributed by atoms with van der Waals surface area (Å²) in [4.78, 5) is 11.8. The number of hydrazone groups is 1. The molecule has 4 nitrogen and oxygen atoms in total. The molecular weight excluding hydrogens is 264 g/mol. The van der Waals surface area contributed by atoms with E-state index in [1.807, 2.05) is 24.3 Å². The number of aromatic hydroxyl groups is 1. The molecule has 0 unspecified atom stereocenters. The van der Waals surface area contributed by atoms with Gasteiger partial charge in [-0.05, 0) is 29.2 Å². The Bertz CT molecular complexity index is 646. The van der Waals surface area contributed by atoms with E-state index >= 15 is 0 Å². The minimum absolute atomic E-state index is 0.0634. The van der Waals surface area contributed by atoms with Crippen molar-refractivity contribution in [2.24, 2.45) is 5.10 Å². The van der Waals surface area contributed by atoms with Crippen molar-refractivity contribution in [3.8, 4) is 5.75 Å². The molecule has 21 heavy (non-hydrogen) atoms. The summed E-state index contributed by atoms with van der Waals surface area (Å²) < 4.78 is 0. The number of phenolic OH excluding ortho intramolecular Hbond substituents is 1. The van der Waals surface area contributed by atoms with E-state index in [0.717, 1.165) is 5.56 Å². The van der Waals surface area contributed by atoms with Crippen molar-refractivity contribution in [2.45, 2.75) is 19.8 Å². The van der Waals surface area contributed by atoms with Gasteiger partial charge in [0, 0.05) is 0 Å². The van der Waals surface area contributed by atoms with Crippen LogP contribution in [-0.4, -0.2) is 17.2 Å². The Balaban J connectivity index is 1.99. The molecule has 0 saturated heterocycles. The third kappa shape index (κ3) is 3.92. The minimum atomic E-state index is -0.442. The van der Waals surface area contributed by atoms with Crippen molar-refractivity contribution < 1.29 is 9.90 Å². The number of hydrogen-bond donors (Lipinski definition) is 2. The fraction of sp³-hybridized carbons (Fsp3) is 0.176. The first-order valence-electron chi connectivity index (χ1n) is 6.79. The highest BCUT2D eigenvalue weighted by atomic mass is 16.3. The van der Waals surface area contributed by atoms with Crippen molar-refractivity contribution in [3.63, 3.8) is 0 Å². The Kier molecular flexibility index (Phi) is 4.72. The molecule has 0 aliphatic carbocycles. The van der Waals surface area contributed by atoms with Crippen LogP contribution < -0.4 is 5.43 Å². The van der Waals surface area contributed by atoms with Crippen molar-refractivity contribution in [3.05, 3.63) is 65.2 Å². The van der Waals surface area contributed by atoms with E-state index in [-0.39, 0.29) is 11.3 Å². The molecule has 2 aromatic rings. The van der Waals surface area contributed by atoms with E-state index in [0.29, 0.717) is 5.92 Å². The molecule has 0 spiro atoms. The van der Waals surface area contributed by atoms with Crippen LogP contribution >= 0.6 is 0 Å². The fourth-order valence-corrected chi connectivity index (χ4v) is 1.86. The lowest BCUT2D eigenvalue weighted by molar-refractivity contribution is 0.0952. The Morgan fingerprint density at radius 2 is 1.81 bits per heavy atom. The molecule has 108 valence electrons. The summed E-state index contributed by atoms with van der Waals surface area (Å²) in [6, 6.07) is 14.3. The van der Waals surface area contributed by atoms with Crippen molar-refractivity contribution in [1.82, 2.24) is 5.43 Å². The summed E-state index contributed by atoms with van der Waals surface area (Å²) in [5.74, 6) is -0.0219. The summed E-state index contributed by atoms with van der Waals surface area (Å²) in [7, 11) is 0. The van der Waals surface area contributed by atoms with Crippen LogP contribution in [0.2, 0.25) is 0 Å². The van der Waals surface area contributed by atoms with Crippen molar-refractivity contribution in [1.29, 1.82) is 0 Å². The number of para-hydroxylation sites is 1. The van der Waals surface area contributed by atoms with Gasteiger partial charge in [0.2, 0.25) is 0 Å². The zero-order valence-electron chi connectivity index (χ0n) is 12.1. The summed E-state index contributed by atoms with van der Waals surface area (Å²) in [5, 5.41) is 13.5. The quantitative estimate of drug-likeness (QED) is 0.667. The number of amides is 1. The first-order chi connectivity index (χ1) is 10.1. The maximum atomic E-state index is 11.8. The summed E-state index contributed by atoms with van der Waals surface area (Å²) >= 11 is 0. The number of nitrogens with zero attached hydrogens (tertiary/aromatic N) is 1. The van der Waals surface area contributed by atoms with E-state index < -0.39 is 5.91 Å². The highest BCUT2D eigenvalue weighted by Gasteiger charge is 2.08. The number of phenols is 1. The Morgan fingerprint density at radius 3 is 2.43 bits per heavy atom. The molecule has 0 aliphatic rings. The van der Waals surface area contributed by atoms with Crippen LogP contribution in [0.5, 0.6) is 5.75 Å². The molecule has 4 heteroatoms. The normalized spacial score (nSPS) is 11.0. The predicted octanol–water partition coefficient (Wildman–Crippen LogP) is 3.28. The smallest absolute Gasteiger partial charge is 0.275 e. The van der Waals surface area contributed by atoms with Crippen LogP contribution in [-0.2, 0) is 0 Å². The third-order valence-electron chi connectivity index (χ3n) is 3.13. The Labute approximate surface area is 124 Å². The molecule has 0 heterocycles. The van der Waals surface area contributed by atoms with E-state index in [1.54, 1.807) is 18.3 Å². The lowest BCUT2D eigenvalue weighted by atomic mass is 10.0. The predicted molar refractivity (Wildman–Crippen MR) is 83.7 cm³/mol. The number of carbonyl (C=O) groups excluding carboxylic acids is 1.